The van der Waals surface area contributed by atoms with E-state index in [4.69, 9.17) is 4.74 Å². The Morgan fingerprint density at radius 1 is 1.00 bits per heavy atom. The van der Waals surface area contributed by atoms with Gasteiger partial charge in [0, 0.05) is 17.7 Å². The van der Waals surface area contributed by atoms with Crippen LogP contribution in [0, 0.1) is 28.9 Å². The number of ketones is 1. The van der Waals surface area contributed by atoms with Crippen molar-refractivity contribution in [1.82, 2.24) is 5.01 Å². The number of ether oxygens (including phenoxy) is 1. The fraction of sp³-hybridized carbons (Fsp3) is 0.214. The molecule has 2 saturated heterocycles. The summed E-state index contributed by atoms with van der Waals surface area (Å²) >= 11 is 0. The van der Waals surface area contributed by atoms with E-state index >= 15 is 0 Å². The fourth-order valence-electron chi connectivity index (χ4n) is 5.84. The van der Waals surface area contributed by atoms with Crippen LogP contribution in [-0.2, 0) is 9.59 Å². The second-order valence-electron chi connectivity index (χ2n) is 9.53. The number of nitro groups is 1. The quantitative estimate of drug-likeness (QED) is 0.222. The summed E-state index contributed by atoms with van der Waals surface area (Å²) in [7, 11) is 1.53. The Labute approximate surface area is 217 Å². The molecule has 190 valence electrons. The predicted octanol–water partition coefficient (Wildman–Crippen LogP) is 3.67. The van der Waals surface area contributed by atoms with Crippen molar-refractivity contribution in [3.05, 3.63) is 99.1 Å². The zero-order valence-electron chi connectivity index (χ0n) is 20.5. The summed E-state index contributed by atoms with van der Waals surface area (Å²) in [6.07, 6.45) is 1.65. The zero-order chi connectivity index (χ0) is 26.7. The number of hydrogen-bond acceptors (Lipinski definition) is 8. The Balaban J connectivity index is 1.47. The molecule has 3 aromatic carbocycles. The molecule has 0 unspecified atom stereocenters. The molecule has 0 aromatic heterocycles. The monoisotopic (exact) mass is 510 g/mol. The summed E-state index contributed by atoms with van der Waals surface area (Å²) in [5.74, 6) is -2.57. The maximum Gasteiger partial charge on any atom is 0.269 e. The highest BCUT2D eigenvalue weighted by Gasteiger charge is 2.65. The Kier molecular flexibility index (Phi) is 5.34. The maximum atomic E-state index is 14.0. The third kappa shape index (κ3) is 3.33. The van der Waals surface area contributed by atoms with E-state index in [2.05, 4.69) is 5.10 Å². The summed E-state index contributed by atoms with van der Waals surface area (Å²) < 4.78 is 5.20. The van der Waals surface area contributed by atoms with Crippen LogP contribution in [0.2, 0.25) is 0 Å². The topological polar surface area (TPSA) is 122 Å². The van der Waals surface area contributed by atoms with Crippen molar-refractivity contribution in [2.45, 2.75) is 19.0 Å². The van der Waals surface area contributed by atoms with Gasteiger partial charge in [-0.1, -0.05) is 24.3 Å². The van der Waals surface area contributed by atoms with E-state index in [0.29, 0.717) is 16.9 Å². The van der Waals surface area contributed by atoms with Crippen LogP contribution in [0.25, 0.3) is 0 Å². The maximum absolute atomic E-state index is 14.0. The van der Waals surface area contributed by atoms with Crippen molar-refractivity contribution < 1.29 is 24.0 Å². The van der Waals surface area contributed by atoms with Gasteiger partial charge in [0.25, 0.3) is 5.69 Å². The number of methoxy groups -OCH3 is 1. The molecule has 4 atom stereocenters. The first-order chi connectivity index (χ1) is 18.3. The molecule has 3 aliphatic rings. The Hall–Kier alpha value is -4.86. The number of Topliss-reactive ketones (excluding diaryl/α,β-unsaturated/α-hetero) is 1. The molecule has 38 heavy (non-hydrogen) atoms. The predicted molar refractivity (Wildman–Crippen MR) is 137 cm³/mol. The molecule has 3 aliphatic heterocycles. The molecule has 2 fully saturated rings. The van der Waals surface area contributed by atoms with Gasteiger partial charge in [-0.25, -0.2) is 4.90 Å². The first-order valence-corrected chi connectivity index (χ1v) is 12.0. The normalized spacial score (nSPS) is 23.2. The second kappa shape index (κ2) is 8.62. The number of benzene rings is 3. The zero-order valence-corrected chi connectivity index (χ0v) is 20.5. The van der Waals surface area contributed by atoms with Crippen LogP contribution in [0.4, 0.5) is 11.4 Å². The minimum absolute atomic E-state index is 0.139. The molecule has 0 aliphatic carbocycles. The largest absolute Gasteiger partial charge is 0.497 e. The number of aryl methyl sites for hydroxylation is 1. The second-order valence-corrected chi connectivity index (χ2v) is 9.53. The van der Waals surface area contributed by atoms with E-state index in [1.807, 2.05) is 24.3 Å². The Morgan fingerprint density at radius 2 is 1.71 bits per heavy atom. The van der Waals surface area contributed by atoms with Gasteiger partial charge in [-0.3, -0.25) is 29.5 Å². The van der Waals surface area contributed by atoms with Crippen molar-refractivity contribution in [2.75, 3.05) is 12.0 Å². The van der Waals surface area contributed by atoms with Gasteiger partial charge >= 0.3 is 0 Å². The summed E-state index contributed by atoms with van der Waals surface area (Å²) in [5, 5.41) is 17.4. The Bertz CT molecular complexity index is 1550. The average Bonchev–Trinajstić information content (AvgIpc) is 3.40. The van der Waals surface area contributed by atoms with E-state index in [1.54, 1.807) is 42.4 Å². The van der Waals surface area contributed by atoms with Gasteiger partial charge in [-0.05, 0) is 53.9 Å². The van der Waals surface area contributed by atoms with Crippen molar-refractivity contribution in [2.24, 2.45) is 16.9 Å². The highest BCUT2D eigenvalue weighted by molar-refractivity contribution is 6.25. The molecule has 0 saturated carbocycles. The molecule has 6 rings (SSSR count). The molecule has 3 heterocycles. The number of imide groups is 1. The minimum Gasteiger partial charge on any atom is -0.497 e. The van der Waals surface area contributed by atoms with Gasteiger partial charge < -0.3 is 4.74 Å². The number of anilines is 1. The number of hydrogen-bond donors (Lipinski definition) is 0. The SMILES string of the molecule is COc1ccc(C(=O)[C@@H]2[C@@H]3C(=O)N(c4ccc([N+](=O)[O-])cc4C)C(=O)[C@@H]3[C@@H]3c4ccccc4C=NN23)cc1. The van der Waals surface area contributed by atoms with Gasteiger partial charge in [-0.15, -0.1) is 0 Å². The molecule has 0 radical (unpaired) electrons. The number of fused-ring (bicyclic) bond motifs is 5. The minimum atomic E-state index is -1.01. The van der Waals surface area contributed by atoms with E-state index in [1.165, 1.54) is 25.3 Å². The molecular weight excluding hydrogens is 488 g/mol. The molecule has 0 spiro atoms. The summed E-state index contributed by atoms with van der Waals surface area (Å²) in [6.45, 7) is 1.61. The number of carbonyl (C=O) groups is 3. The first kappa shape index (κ1) is 23.5. The number of hydrazone groups is 1. The highest BCUT2D eigenvalue weighted by atomic mass is 16.6. The molecule has 0 bridgehead atoms. The lowest BCUT2D eigenvalue weighted by atomic mass is 9.83. The average molecular weight is 511 g/mol. The van der Waals surface area contributed by atoms with Crippen molar-refractivity contribution >= 4 is 35.2 Å². The lowest BCUT2D eigenvalue weighted by Gasteiger charge is -2.34. The van der Waals surface area contributed by atoms with Gasteiger partial charge in [0.2, 0.25) is 11.8 Å². The molecule has 10 heteroatoms. The van der Waals surface area contributed by atoms with Gasteiger partial charge in [0.1, 0.15) is 11.8 Å². The standard InChI is InChI=1S/C28H22N4O6/c1-15-13-18(32(36)37)9-12-21(15)30-27(34)22-23(28(30)35)25(26(33)16-7-10-19(38-2)11-8-16)31-24(22)20-6-4-3-5-17(20)14-29-31/h3-14,22-25H,1-2H3/t22-,23+,24-,25-/m0/s1. The molecule has 2 amide bonds. The van der Waals surface area contributed by atoms with Crippen molar-refractivity contribution in [1.29, 1.82) is 0 Å². The number of amides is 2. The number of rotatable bonds is 5. The van der Waals surface area contributed by atoms with E-state index in [-0.39, 0.29) is 17.2 Å². The van der Waals surface area contributed by atoms with Gasteiger partial charge in [-0.2, -0.15) is 5.10 Å². The van der Waals surface area contributed by atoms with Crippen LogP contribution in [0.15, 0.2) is 71.8 Å². The molecule has 3 aromatic rings. The van der Waals surface area contributed by atoms with Crippen LogP contribution in [0.5, 0.6) is 5.75 Å². The Morgan fingerprint density at radius 3 is 2.39 bits per heavy atom. The molecule has 10 nitrogen and oxygen atoms in total. The van der Waals surface area contributed by atoms with Gasteiger partial charge in [0.05, 0.1) is 41.8 Å². The number of carbonyl (C=O) groups excluding carboxylic acids is 3. The summed E-state index contributed by atoms with van der Waals surface area (Å²) in [6, 6.07) is 16.4. The van der Waals surface area contributed by atoms with Crippen molar-refractivity contribution in [3.63, 3.8) is 0 Å². The van der Waals surface area contributed by atoms with Gasteiger partial charge in [0.15, 0.2) is 5.78 Å². The molecular formula is C28H22N4O6. The van der Waals surface area contributed by atoms with Crippen LogP contribution >= 0.6 is 0 Å². The van der Waals surface area contributed by atoms with Crippen LogP contribution in [-0.4, -0.2) is 46.9 Å². The smallest absolute Gasteiger partial charge is 0.269 e. The molecule has 0 N–H and O–H groups in total. The van der Waals surface area contributed by atoms with E-state index < -0.39 is 40.7 Å². The van der Waals surface area contributed by atoms with Crippen LogP contribution in [0.3, 0.4) is 0 Å². The van der Waals surface area contributed by atoms with E-state index in [9.17, 15) is 24.5 Å². The van der Waals surface area contributed by atoms with Crippen LogP contribution < -0.4 is 9.64 Å². The third-order valence-electron chi connectivity index (χ3n) is 7.57. The first-order valence-electron chi connectivity index (χ1n) is 12.0. The van der Waals surface area contributed by atoms with E-state index in [0.717, 1.165) is 16.0 Å². The lowest BCUT2D eigenvalue weighted by Crippen LogP contribution is -2.44. The number of nitro benzene ring substituents is 1. The highest BCUT2D eigenvalue weighted by Crippen LogP contribution is 2.53. The number of non-ortho nitro benzene ring substituents is 1. The number of nitrogens with zero attached hydrogens (tertiary/aromatic N) is 4. The fourth-order valence-corrected chi connectivity index (χ4v) is 5.84. The summed E-state index contributed by atoms with van der Waals surface area (Å²) in [4.78, 5) is 53.7. The summed E-state index contributed by atoms with van der Waals surface area (Å²) in [5.41, 5.74) is 2.54. The third-order valence-corrected chi connectivity index (χ3v) is 7.57. The lowest BCUT2D eigenvalue weighted by molar-refractivity contribution is -0.384. The van der Waals surface area contributed by atoms with Crippen LogP contribution in [0.1, 0.15) is 33.1 Å². The van der Waals surface area contributed by atoms with Crippen molar-refractivity contribution in [3.8, 4) is 5.75 Å².